The number of halogens is 1. The Bertz CT molecular complexity index is 691. The van der Waals surface area contributed by atoms with Crippen molar-refractivity contribution in [1.82, 2.24) is 19.7 Å². The fraction of sp³-hybridized carbons (Fsp3) is 0. The first-order valence-corrected chi connectivity index (χ1v) is 6.13. The minimum absolute atomic E-state index is 0.437. The van der Waals surface area contributed by atoms with E-state index in [0.29, 0.717) is 11.6 Å². The average Bonchev–Trinajstić information content (AvgIpc) is 2.71. The van der Waals surface area contributed by atoms with Crippen LogP contribution in [0, 0.1) is 3.57 Å². The standard InChI is InChI=1S/C11H9IN5/c12-8-2-1-7-5-16-17(9(7)3-8)11-4-10(13)14-6-15-11/h1-6,12H,(H2,13,14,15)/q+1. The average molecular weight is 338 g/mol. The summed E-state index contributed by atoms with van der Waals surface area (Å²) in [6.07, 6.45) is 3.25. The van der Waals surface area contributed by atoms with Gasteiger partial charge in [-0.05, 0) is 12.1 Å². The van der Waals surface area contributed by atoms with Crippen LogP contribution in [0.4, 0.5) is 5.82 Å². The van der Waals surface area contributed by atoms with Crippen LogP contribution in [0.25, 0.3) is 16.7 Å². The van der Waals surface area contributed by atoms with E-state index in [9.17, 15) is 0 Å². The van der Waals surface area contributed by atoms with Gasteiger partial charge in [0.15, 0.2) is 9.39 Å². The van der Waals surface area contributed by atoms with Gasteiger partial charge in [-0.2, -0.15) is 5.10 Å². The Morgan fingerprint density at radius 2 is 2.06 bits per heavy atom. The number of anilines is 1. The van der Waals surface area contributed by atoms with Crippen molar-refractivity contribution in [2.75, 3.05) is 5.73 Å². The van der Waals surface area contributed by atoms with Crippen molar-refractivity contribution in [2.45, 2.75) is 0 Å². The topological polar surface area (TPSA) is 69.6 Å². The molecule has 0 radical (unpaired) electrons. The second kappa shape index (κ2) is 3.95. The maximum Gasteiger partial charge on any atom is 0.296 e. The monoisotopic (exact) mass is 338 g/mol. The smallest absolute Gasteiger partial charge is 0.296 e. The molecule has 0 aliphatic heterocycles. The molecule has 0 fully saturated rings. The van der Waals surface area contributed by atoms with Crippen molar-refractivity contribution < 1.29 is 22.6 Å². The zero-order valence-electron chi connectivity index (χ0n) is 8.74. The molecule has 0 aliphatic carbocycles. The van der Waals surface area contributed by atoms with Crippen molar-refractivity contribution >= 4 is 16.7 Å². The van der Waals surface area contributed by atoms with Crippen molar-refractivity contribution in [3.63, 3.8) is 0 Å². The summed E-state index contributed by atoms with van der Waals surface area (Å²) in [5, 5.41) is 5.40. The molecule has 0 unspecified atom stereocenters. The summed E-state index contributed by atoms with van der Waals surface area (Å²) in [4.78, 5) is 8.05. The second-order valence-corrected chi connectivity index (χ2v) is 4.92. The summed E-state index contributed by atoms with van der Waals surface area (Å²) < 4.78 is 2.96. The summed E-state index contributed by atoms with van der Waals surface area (Å²) in [5.41, 5.74) is 6.67. The van der Waals surface area contributed by atoms with Crippen LogP contribution in [-0.4, -0.2) is 19.7 Å². The molecule has 3 rings (SSSR count). The molecule has 3 aromatic rings. The molecule has 2 heterocycles. The van der Waals surface area contributed by atoms with Crippen LogP contribution in [-0.2, 0) is 0 Å². The molecule has 0 saturated heterocycles. The van der Waals surface area contributed by atoms with E-state index in [1.165, 1.54) is 9.90 Å². The van der Waals surface area contributed by atoms with Crippen LogP contribution >= 0.6 is 0 Å². The zero-order chi connectivity index (χ0) is 11.8. The molecule has 6 heteroatoms. The normalized spacial score (nSPS) is 10.9. The van der Waals surface area contributed by atoms with Gasteiger partial charge in [0.05, 0.1) is 11.7 Å². The van der Waals surface area contributed by atoms with Gasteiger partial charge in [-0.25, -0.2) is 14.6 Å². The van der Waals surface area contributed by atoms with Gasteiger partial charge in [-0.15, -0.1) is 0 Å². The number of aromatic nitrogens is 4. The first-order chi connectivity index (χ1) is 8.24. The minimum atomic E-state index is 0.437. The van der Waals surface area contributed by atoms with Gasteiger partial charge in [-0.1, -0.05) is 0 Å². The molecule has 17 heavy (non-hydrogen) atoms. The van der Waals surface area contributed by atoms with Crippen molar-refractivity contribution in [3.8, 4) is 5.82 Å². The van der Waals surface area contributed by atoms with Crippen LogP contribution in [0.3, 0.4) is 0 Å². The number of hydrogen-bond donors (Lipinski definition) is 1. The summed E-state index contributed by atoms with van der Waals surface area (Å²) >= 11 is 1.97. The Labute approximate surface area is 111 Å². The fourth-order valence-corrected chi connectivity index (χ4v) is 2.17. The van der Waals surface area contributed by atoms with Crippen molar-refractivity contribution in [2.24, 2.45) is 0 Å². The summed E-state index contributed by atoms with van der Waals surface area (Å²) in [7, 11) is 0. The highest BCUT2D eigenvalue weighted by Crippen LogP contribution is 2.16. The summed E-state index contributed by atoms with van der Waals surface area (Å²) in [5.74, 6) is 1.12. The number of benzene rings is 1. The van der Waals surface area contributed by atoms with Gasteiger partial charge in [0.2, 0.25) is 0 Å². The van der Waals surface area contributed by atoms with Crippen LogP contribution < -0.4 is 28.3 Å². The quantitative estimate of drug-likeness (QED) is 0.514. The van der Waals surface area contributed by atoms with Crippen LogP contribution in [0.5, 0.6) is 0 Å². The van der Waals surface area contributed by atoms with E-state index in [4.69, 9.17) is 5.73 Å². The number of nitrogens with zero attached hydrogens (tertiary/aromatic N) is 4. The molecule has 0 spiro atoms. The van der Waals surface area contributed by atoms with Crippen LogP contribution in [0.1, 0.15) is 0 Å². The predicted molar refractivity (Wildman–Crippen MR) is 61.2 cm³/mol. The Morgan fingerprint density at radius 1 is 1.18 bits per heavy atom. The Morgan fingerprint density at radius 3 is 2.88 bits per heavy atom. The highest BCUT2D eigenvalue weighted by molar-refractivity contribution is 5.79. The van der Waals surface area contributed by atoms with E-state index >= 15 is 0 Å². The lowest BCUT2D eigenvalue weighted by molar-refractivity contribution is -0.328. The Kier molecular flexibility index (Phi) is 2.43. The molecule has 2 N–H and O–H groups in total. The SMILES string of the molecule is Nc1cc(-n2ncc3ccc([IH+])cc32)ncn1. The summed E-state index contributed by atoms with van der Waals surface area (Å²) in [6.45, 7) is 0. The molecular formula is C11H9IN5+. The number of nitrogens with two attached hydrogens (primary N) is 1. The fourth-order valence-electron chi connectivity index (χ4n) is 1.66. The van der Waals surface area contributed by atoms with E-state index in [1.807, 2.05) is 34.9 Å². The molecular weight excluding hydrogens is 329 g/mol. The molecule has 1 aromatic carbocycles. The van der Waals surface area contributed by atoms with Gasteiger partial charge in [0, 0.05) is 17.5 Å². The highest BCUT2D eigenvalue weighted by atomic mass is 127. The summed E-state index contributed by atoms with van der Waals surface area (Å²) in [6, 6.07) is 7.88. The molecule has 0 bridgehead atoms. The first-order valence-electron chi connectivity index (χ1n) is 4.97. The van der Waals surface area contributed by atoms with E-state index in [-0.39, 0.29) is 0 Å². The second-order valence-electron chi connectivity index (χ2n) is 3.58. The van der Waals surface area contributed by atoms with Crippen molar-refractivity contribution in [1.29, 1.82) is 0 Å². The lowest BCUT2D eigenvalue weighted by Crippen LogP contribution is -3.34. The van der Waals surface area contributed by atoms with E-state index in [1.54, 1.807) is 10.7 Å². The predicted octanol–water partition coefficient (Wildman–Crippen LogP) is -2.15. The maximum atomic E-state index is 5.65. The number of hydrogen-bond acceptors (Lipinski definition) is 4. The van der Waals surface area contributed by atoms with E-state index in [0.717, 1.165) is 10.9 Å². The van der Waals surface area contributed by atoms with Gasteiger partial charge in [-0.3, -0.25) is 0 Å². The Balaban J connectivity index is 2.27. The molecule has 0 saturated carbocycles. The van der Waals surface area contributed by atoms with E-state index in [2.05, 4.69) is 27.2 Å². The largest absolute Gasteiger partial charge is 0.384 e. The van der Waals surface area contributed by atoms with Gasteiger partial charge in [0.25, 0.3) is 22.6 Å². The third kappa shape index (κ3) is 1.84. The number of fused-ring (bicyclic) bond motifs is 1. The number of nitrogen functional groups attached to an aromatic ring is 1. The van der Waals surface area contributed by atoms with Gasteiger partial charge >= 0.3 is 0 Å². The molecule has 0 atom stereocenters. The van der Waals surface area contributed by atoms with Gasteiger partial charge in [0.1, 0.15) is 12.1 Å². The molecule has 0 amide bonds. The third-order valence-corrected chi connectivity index (χ3v) is 3.16. The maximum absolute atomic E-state index is 5.65. The van der Waals surface area contributed by atoms with Crippen LogP contribution in [0.2, 0.25) is 0 Å². The highest BCUT2D eigenvalue weighted by Gasteiger charge is 2.08. The first kappa shape index (κ1) is 10.5. The molecule has 5 nitrogen and oxygen atoms in total. The lowest BCUT2D eigenvalue weighted by atomic mass is 10.2. The van der Waals surface area contributed by atoms with Crippen LogP contribution in [0.15, 0.2) is 36.8 Å². The minimum Gasteiger partial charge on any atom is -0.384 e. The van der Waals surface area contributed by atoms with Gasteiger partial charge < -0.3 is 5.73 Å². The van der Waals surface area contributed by atoms with E-state index < -0.39 is 0 Å². The molecule has 84 valence electrons. The lowest BCUT2D eigenvalue weighted by Gasteiger charge is -2.02. The molecule has 2 aromatic heterocycles. The third-order valence-electron chi connectivity index (χ3n) is 2.43. The van der Waals surface area contributed by atoms with Crippen molar-refractivity contribution in [3.05, 3.63) is 40.4 Å². The number of rotatable bonds is 1. The Hall–Kier alpha value is -1.70. The molecule has 0 aliphatic rings. The zero-order valence-corrected chi connectivity index (χ0v) is 11.1.